The third kappa shape index (κ3) is 3.80. The Morgan fingerprint density at radius 1 is 1.14 bits per heavy atom. The molecule has 0 saturated carbocycles. The van der Waals surface area contributed by atoms with Crippen LogP contribution in [0.1, 0.15) is 26.6 Å². The Morgan fingerprint density at radius 3 is 2.38 bits per heavy atom. The summed E-state index contributed by atoms with van der Waals surface area (Å²) >= 11 is 6.00. The number of anilines is 3. The van der Waals surface area contributed by atoms with Crippen LogP contribution in [0.5, 0.6) is 0 Å². The van der Waals surface area contributed by atoms with Crippen molar-refractivity contribution in [2.45, 2.75) is 26.2 Å². The quantitative estimate of drug-likeness (QED) is 0.596. The molecule has 1 heterocycles. The highest BCUT2D eigenvalue weighted by atomic mass is 35.5. The second-order valence-electron chi connectivity index (χ2n) is 5.61. The van der Waals surface area contributed by atoms with Gasteiger partial charge in [-0.2, -0.15) is 0 Å². The maximum absolute atomic E-state index is 13.1. The molecule has 112 valence electrons. The molecule has 4 N–H and O–H groups in total. The second kappa shape index (κ2) is 5.83. The predicted molar refractivity (Wildman–Crippen MR) is 83.2 cm³/mol. The number of hydrogen-bond donors (Lipinski definition) is 3. The topological polar surface area (TPSA) is 75.9 Å². The van der Waals surface area contributed by atoms with Crippen molar-refractivity contribution in [3.63, 3.8) is 0 Å². The molecular formula is C14H17ClFN5. The fourth-order valence-electron chi connectivity index (χ4n) is 1.65. The molecule has 0 atom stereocenters. The minimum absolute atomic E-state index is 0.240. The summed E-state index contributed by atoms with van der Waals surface area (Å²) in [5.41, 5.74) is 2.82. The first-order valence-electron chi connectivity index (χ1n) is 6.38. The number of aromatic nitrogens is 2. The molecule has 0 amide bonds. The highest BCUT2D eigenvalue weighted by Crippen LogP contribution is 2.28. The number of hydrogen-bond acceptors (Lipinski definition) is 5. The zero-order valence-corrected chi connectivity index (χ0v) is 12.8. The van der Waals surface area contributed by atoms with E-state index in [1.165, 1.54) is 12.1 Å². The van der Waals surface area contributed by atoms with Gasteiger partial charge in [0.25, 0.3) is 0 Å². The van der Waals surface area contributed by atoms with Crippen LogP contribution in [0.4, 0.5) is 21.7 Å². The average molecular weight is 310 g/mol. The van der Waals surface area contributed by atoms with Gasteiger partial charge in [-0.3, -0.25) is 0 Å². The molecule has 0 aliphatic carbocycles. The van der Waals surface area contributed by atoms with Crippen LogP contribution in [-0.4, -0.2) is 9.97 Å². The molecular weight excluding hydrogens is 293 g/mol. The van der Waals surface area contributed by atoms with Crippen molar-refractivity contribution in [3.8, 4) is 0 Å². The highest BCUT2D eigenvalue weighted by Gasteiger charge is 2.19. The average Bonchev–Trinajstić information content (AvgIpc) is 2.40. The lowest BCUT2D eigenvalue weighted by Crippen LogP contribution is -2.19. The van der Waals surface area contributed by atoms with Gasteiger partial charge in [0.1, 0.15) is 23.3 Å². The molecule has 2 rings (SSSR count). The number of nitrogens with two attached hydrogens (primary N) is 1. The maximum Gasteiger partial charge on any atom is 0.145 e. The predicted octanol–water partition coefficient (Wildman–Crippen LogP) is 3.60. The molecule has 0 radical (unpaired) electrons. The first-order chi connectivity index (χ1) is 9.79. The van der Waals surface area contributed by atoms with E-state index < -0.39 is 5.82 Å². The van der Waals surface area contributed by atoms with Gasteiger partial charge in [0.05, 0.1) is 10.7 Å². The number of nitrogen functional groups attached to an aromatic ring is 1. The smallest absolute Gasteiger partial charge is 0.145 e. The zero-order chi connectivity index (χ0) is 15.6. The Hall–Kier alpha value is -1.92. The van der Waals surface area contributed by atoms with Crippen LogP contribution in [0.25, 0.3) is 0 Å². The van der Waals surface area contributed by atoms with Crippen LogP contribution in [0.3, 0.4) is 0 Å². The summed E-state index contributed by atoms with van der Waals surface area (Å²) in [6.45, 7) is 5.99. The van der Waals surface area contributed by atoms with Gasteiger partial charge in [-0.05, 0) is 18.2 Å². The highest BCUT2D eigenvalue weighted by molar-refractivity contribution is 6.33. The molecule has 0 aliphatic heterocycles. The monoisotopic (exact) mass is 309 g/mol. The molecule has 0 unspecified atom stereocenters. The fraction of sp³-hybridized carbons (Fsp3) is 0.286. The van der Waals surface area contributed by atoms with Gasteiger partial charge in [-0.25, -0.2) is 20.2 Å². The van der Waals surface area contributed by atoms with E-state index in [2.05, 4.69) is 20.7 Å². The van der Waals surface area contributed by atoms with E-state index in [0.717, 1.165) is 0 Å². The molecule has 1 aromatic heterocycles. The molecule has 2 aromatic rings. The van der Waals surface area contributed by atoms with E-state index in [9.17, 15) is 4.39 Å². The number of benzene rings is 1. The summed E-state index contributed by atoms with van der Waals surface area (Å²) in [4.78, 5) is 8.76. The largest absolute Gasteiger partial charge is 0.339 e. The lowest BCUT2D eigenvalue weighted by atomic mass is 9.96. The van der Waals surface area contributed by atoms with Crippen LogP contribution in [0.15, 0.2) is 24.3 Å². The van der Waals surface area contributed by atoms with Crippen LogP contribution in [0.2, 0.25) is 5.02 Å². The fourth-order valence-corrected chi connectivity index (χ4v) is 1.86. The number of hydrazine groups is 1. The van der Waals surface area contributed by atoms with Gasteiger partial charge < -0.3 is 10.7 Å². The Labute approximate surface area is 127 Å². The molecule has 1 aromatic carbocycles. The maximum atomic E-state index is 13.1. The van der Waals surface area contributed by atoms with E-state index in [0.29, 0.717) is 23.1 Å². The van der Waals surface area contributed by atoms with Crippen molar-refractivity contribution in [3.05, 3.63) is 40.9 Å². The van der Waals surface area contributed by atoms with Crippen molar-refractivity contribution in [2.24, 2.45) is 5.84 Å². The Kier molecular flexibility index (Phi) is 4.29. The number of nitrogens with zero attached hydrogens (tertiary/aromatic N) is 2. The van der Waals surface area contributed by atoms with E-state index >= 15 is 0 Å². The van der Waals surface area contributed by atoms with Crippen LogP contribution in [-0.2, 0) is 5.41 Å². The standard InChI is InChI=1S/C14H17ClFN5/c1-14(2,3)13-19-11(7-12(20-13)21-17)18-10-5-4-8(16)6-9(10)15/h4-7H,17H2,1-3H3,(H2,18,19,20,21). The summed E-state index contributed by atoms with van der Waals surface area (Å²) in [6, 6.07) is 5.75. The van der Waals surface area contributed by atoms with Crippen molar-refractivity contribution >= 4 is 28.9 Å². The molecule has 7 heteroatoms. The number of rotatable bonds is 3. The summed E-state index contributed by atoms with van der Waals surface area (Å²) in [5.74, 6) is 6.67. The van der Waals surface area contributed by atoms with Crippen molar-refractivity contribution in [1.29, 1.82) is 0 Å². The van der Waals surface area contributed by atoms with E-state index in [1.54, 1.807) is 12.1 Å². The van der Waals surface area contributed by atoms with E-state index in [1.807, 2.05) is 20.8 Å². The van der Waals surface area contributed by atoms with Gasteiger partial charge in [0.2, 0.25) is 0 Å². The molecule has 0 bridgehead atoms. The minimum Gasteiger partial charge on any atom is -0.339 e. The first kappa shape index (κ1) is 15.5. The van der Waals surface area contributed by atoms with Gasteiger partial charge in [-0.15, -0.1) is 0 Å². The second-order valence-corrected chi connectivity index (χ2v) is 6.01. The zero-order valence-electron chi connectivity index (χ0n) is 12.0. The molecule has 0 fully saturated rings. The Morgan fingerprint density at radius 2 is 1.81 bits per heavy atom. The van der Waals surface area contributed by atoms with Crippen LogP contribution >= 0.6 is 11.6 Å². The molecule has 5 nitrogen and oxygen atoms in total. The summed E-state index contributed by atoms with van der Waals surface area (Å²) < 4.78 is 13.1. The van der Waals surface area contributed by atoms with E-state index in [-0.39, 0.29) is 10.4 Å². The van der Waals surface area contributed by atoms with Gasteiger partial charge in [0.15, 0.2) is 0 Å². The van der Waals surface area contributed by atoms with Gasteiger partial charge in [-0.1, -0.05) is 32.4 Å². The van der Waals surface area contributed by atoms with E-state index in [4.69, 9.17) is 17.4 Å². The van der Waals surface area contributed by atoms with Crippen molar-refractivity contribution in [1.82, 2.24) is 9.97 Å². The summed E-state index contributed by atoms with van der Waals surface area (Å²) in [7, 11) is 0. The Balaban J connectivity index is 2.39. The van der Waals surface area contributed by atoms with Crippen LogP contribution in [0, 0.1) is 5.82 Å². The number of halogens is 2. The minimum atomic E-state index is -0.395. The van der Waals surface area contributed by atoms with Gasteiger partial charge in [0, 0.05) is 11.5 Å². The summed E-state index contributed by atoms with van der Waals surface area (Å²) in [6.07, 6.45) is 0. The molecule has 0 spiro atoms. The summed E-state index contributed by atoms with van der Waals surface area (Å²) in [5, 5.41) is 3.31. The van der Waals surface area contributed by atoms with Gasteiger partial charge >= 0.3 is 0 Å². The Bertz CT molecular complexity index is 654. The molecule has 0 saturated heterocycles. The lowest BCUT2D eigenvalue weighted by molar-refractivity contribution is 0.547. The van der Waals surface area contributed by atoms with Crippen molar-refractivity contribution < 1.29 is 4.39 Å². The normalized spacial score (nSPS) is 11.3. The lowest BCUT2D eigenvalue weighted by Gasteiger charge is -2.19. The number of nitrogens with one attached hydrogen (secondary N) is 2. The third-order valence-corrected chi connectivity index (χ3v) is 3.05. The first-order valence-corrected chi connectivity index (χ1v) is 6.75. The molecule has 21 heavy (non-hydrogen) atoms. The molecule has 0 aliphatic rings. The third-order valence-electron chi connectivity index (χ3n) is 2.74. The van der Waals surface area contributed by atoms with Crippen molar-refractivity contribution in [2.75, 3.05) is 10.7 Å². The van der Waals surface area contributed by atoms with Crippen LogP contribution < -0.4 is 16.6 Å². The SMILES string of the molecule is CC(C)(C)c1nc(NN)cc(Nc2ccc(F)cc2Cl)n1.